The maximum atomic E-state index is 13.8. The molecule has 186 valence electrons. The van der Waals surface area contributed by atoms with Gasteiger partial charge in [0.1, 0.15) is 0 Å². The van der Waals surface area contributed by atoms with E-state index in [0.29, 0.717) is 20.6 Å². The van der Waals surface area contributed by atoms with E-state index in [1.807, 2.05) is 57.2 Å². The maximum Gasteiger partial charge on any atom is 0.338 e. The topological polar surface area (TPSA) is 63.9 Å². The molecule has 0 bridgehead atoms. The van der Waals surface area contributed by atoms with Gasteiger partial charge in [0.25, 0.3) is 5.56 Å². The highest BCUT2D eigenvalue weighted by Gasteiger charge is 2.33. The molecule has 1 fully saturated rings. The third kappa shape index (κ3) is 4.55. The zero-order chi connectivity index (χ0) is 25.4. The monoisotopic (exact) mass is 501 g/mol. The van der Waals surface area contributed by atoms with Crippen LogP contribution >= 0.6 is 11.3 Å². The summed E-state index contributed by atoms with van der Waals surface area (Å²) in [6.07, 6.45) is 4.12. The molecule has 7 heteroatoms. The van der Waals surface area contributed by atoms with E-state index in [1.54, 1.807) is 4.57 Å². The van der Waals surface area contributed by atoms with Crippen molar-refractivity contribution in [1.29, 1.82) is 0 Å². The van der Waals surface area contributed by atoms with Crippen molar-refractivity contribution in [2.24, 2.45) is 4.99 Å². The number of aromatic nitrogens is 1. The molecule has 6 nitrogen and oxygen atoms in total. The van der Waals surface area contributed by atoms with Crippen LogP contribution in [0.25, 0.3) is 6.08 Å². The number of allylic oxidation sites excluding steroid dienone is 1. The van der Waals surface area contributed by atoms with Crippen LogP contribution in [0.15, 0.2) is 69.6 Å². The van der Waals surface area contributed by atoms with Gasteiger partial charge in [-0.25, -0.2) is 9.79 Å². The van der Waals surface area contributed by atoms with Crippen molar-refractivity contribution in [2.45, 2.75) is 52.7 Å². The van der Waals surface area contributed by atoms with Gasteiger partial charge in [0.2, 0.25) is 0 Å². The number of thiazole rings is 1. The minimum atomic E-state index is -0.588. The minimum Gasteiger partial charge on any atom is -0.459 e. The predicted octanol–water partition coefficient (Wildman–Crippen LogP) is 4.10. The maximum absolute atomic E-state index is 13.8. The van der Waals surface area contributed by atoms with Crippen LogP contribution in [0.4, 0.5) is 5.69 Å². The molecule has 1 unspecified atom stereocenters. The number of hydrogen-bond donors (Lipinski definition) is 0. The fraction of sp³-hybridized carbons (Fsp3) is 0.345. The van der Waals surface area contributed by atoms with Gasteiger partial charge in [0, 0.05) is 18.8 Å². The molecule has 0 spiro atoms. The Labute approximate surface area is 214 Å². The Morgan fingerprint density at radius 1 is 1.11 bits per heavy atom. The third-order valence-electron chi connectivity index (χ3n) is 6.67. The van der Waals surface area contributed by atoms with Crippen molar-refractivity contribution in [3.8, 4) is 0 Å². The molecule has 0 N–H and O–H groups in total. The van der Waals surface area contributed by atoms with E-state index in [9.17, 15) is 9.59 Å². The number of aryl methyl sites for hydroxylation is 1. The lowest BCUT2D eigenvalue weighted by atomic mass is 9.96. The number of esters is 1. The molecule has 3 heterocycles. The first-order chi connectivity index (χ1) is 17.3. The van der Waals surface area contributed by atoms with Gasteiger partial charge in [-0.1, -0.05) is 47.7 Å². The molecular weight excluding hydrogens is 470 g/mol. The lowest BCUT2D eigenvalue weighted by Gasteiger charge is -2.25. The lowest BCUT2D eigenvalue weighted by Crippen LogP contribution is -2.40. The fourth-order valence-electron chi connectivity index (χ4n) is 5.04. The minimum absolute atomic E-state index is 0.156. The molecule has 3 aromatic rings. The predicted molar refractivity (Wildman–Crippen MR) is 144 cm³/mol. The largest absolute Gasteiger partial charge is 0.459 e. The van der Waals surface area contributed by atoms with Gasteiger partial charge in [0.15, 0.2) is 4.80 Å². The Bertz CT molecular complexity index is 1510. The second-order valence-corrected chi connectivity index (χ2v) is 10.7. The first kappa shape index (κ1) is 24.3. The summed E-state index contributed by atoms with van der Waals surface area (Å²) in [6.45, 7) is 9.76. The molecule has 0 amide bonds. The van der Waals surface area contributed by atoms with Crippen molar-refractivity contribution < 1.29 is 9.53 Å². The number of carbonyl (C=O) groups is 1. The number of benzene rings is 2. The number of rotatable bonds is 5. The van der Waals surface area contributed by atoms with Gasteiger partial charge in [-0.2, -0.15) is 0 Å². The van der Waals surface area contributed by atoms with Crippen LogP contribution in [-0.4, -0.2) is 29.7 Å². The Kier molecular flexibility index (Phi) is 6.67. The molecule has 1 aromatic heterocycles. The highest BCUT2D eigenvalue weighted by atomic mass is 32.1. The Morgan fingerprint density at radius 3 is 2.50 bits per heavy atom. The van der Waals surface area contributed by atoms with Gasteiger partial charge < -0.3 is 9.64 Å². The van der Waals surface area contributed by atoms with Crippen LogP contribution in [-0.2, 0) is 9.53 Å². The van der Waals surface area contributed by atoms with E-state index in [4.69, 9.17) is 4.74 Å². The summed E-state index contributed by atoms with van der Waals surface area (Å²) in [6, 6.07) is 15.4. The SMILES string of the molecule is CC1=C(C(=O)OC(C)C)C(c2ccccc2)n2c(sc(=Cc3ccc(N4CCCC4)c(C)c3)c2=O)=N1. The van der Waals surface area contributed by atoms with E-state index in [1.165, 1.54) is 35.4 Å². The van der Waals surface area contributed by atoms with Gasteiger partial charge in [-0.15, -0.1) is 0 Å². The van der Waals surface area contributed by atoms with Gasteiger partial charge >= 0.3 is 5.97 Å². The molecular formula is C29H31N3O3S. The fourth-order valence-corrected chi connectivity index (χ4v) is 6.09. The molecule has 36 heavy (non-hydrogen) atoms. The average Bonchev–Trinajstić information content (AvgIpc) is 3.47. The van der Waals surface area contributed by atoms with Crippen molar-refractivity contribution in [2.75, 3.05) is 18.0 Å². The lowest BCUT2D eigenvalue weighted by molar-refractivity contribution is -0.143. The summed E-state index contributed by atoms with van der Waals surface area (Å²) in [5.41, 5.74) is 5.12. The summed E-state index contributed by atoms with van der Waals surface area (Å²) in [5.74, 6) is -0.442. The highest BCUT2D eigenvalue weighted by molar-refractivity contribution is 7.07. The number of hydrogen-bond acceptors (Lipinski definition) is 6. The molecule has 5 rings (SSSR count). The number of carbonyl (C=O) groups excluding carboxylic acids is 1. The van der Waals surface area contributed by atoms with E-state index in [2.05, 4.69) is 35.0 Å². The van der Waals surface area contributed by atoms with Crippen molar-refractivity contribution in [3.05, 3.63) is 96.2 Å². The summed E-state index contributed by atoms with van der Waals surface area (Å²) in [5, 5.41) is 0. The smallest absolute Gasteiger partial charge is 0.338 e. The molecule has 1 saturated heterocycles. The Hall–Kier alpha value is -3.45. The van der Waals surface area contributed by atoms with Crippen molar-refractivity contribution in [3.63, 3.8) is 0 Å². The third-order valence-corrected chi connectivity index (χ3v) is 7.65. The molecule has 1 atom stereocenters. The molecule has 0 radical (unpaired) electrons. The second kappa shape index (κ2) is 9.90. The summed E-state index contributed by atoms with van der Waals surface area (Å²) in [4.78, 5) is 34.6. The van der Waals surface area contributed by atoms with Gasteiger partial charge in [-0.05, 0) is 75.4 Å². The summed E-state index contributed by atoms with van der Waals surface area (Å²) >= 11 is 1.35. The van der Waals surface area contributed by atoms with Gasteiger partial charge in [-0.3, -0.25) is 9.36 Å². The van der Waals surface area contributed by atoms with E-state index in [-0.39, 0.29) is 11.7 Å². The van der Waals surface area contributed by atoms with Crippen LogP contribution in [0.3, 0.4) is 0 Å². The second-order valence-electron chi connectivity index (χ2n) is 9.69. The molecule has 2 aliphatic heterocycles. The first-order valence-corrected chi connectivity index (χ1v) is 13.3. The summed E-state index contributed by atoms with van der Waals surface area (Å²) in [7, 11) is 0. The summed E-state index contributed by atoms with van der Waals surface area (Å²) < 4.78 is 7.79. The van der Waals surface area contributed by atoms with Gasteiger partial charge in [0.05, 0.1) is 27.9 Å². The van der Waals surface area contributed by atoms with Crippen LogP contribution in [0.2, 0.25) is 0 Å². The van der Waals surface area contributed by atoms with Crippen LogP contribution in [0, 0.1) is 6.92 Å². The number of nitrogens with zero attached hydrogens (tertiary/aromatic N) is 3. The Balaban J connectivity index is 1.62. The Morgan fingerprint density at radius 2 is 1.83 bits per heavy atom. The first-order valence-electron chi connectivity index (χ1n) is 12.5. The number of ether oxygens (including phenoxy) is 1. The van der Waals surface area contributed by atoms with Crippen LogP contribution < -0.4 is 19.8 Å². The number of anilines is 1. The standard InChI is InChI=1S/C29H31N3O3S/c1-18(2)35-28(34)25-20(4)30-29-32(26(25)22-10-6-5-7-11-22)27(33)24(36-29)17-21-12-13-23(19(3)16-21)31-14-8-9-15-31/h5-7,10-13,16-18,26H,8-9,14-15H2,1-4H3. The van der Waals surface area contributed by atoms with E-state index < -0.39 is 12.0 Å². The van der Waals surface area contributed by atoms with Crippen LogP contribution in [0.1, 0.15) is 56.3 Å². The molecule has 0 aliphatic carbocycles. The zero-order valence-electron chi connectivity index (χ0n) is 21.2. The quantitative estimate of drug-likeness (QED) is 0.494. The van der Waals surface area contributed by atoms with Crippen molar-refractivity contribution in [1.82, 2.24) is 4.57 Å². The molecule has 2 aromatic carbocycles. The average molecular weight is 502 g/mol. The normalized spacial score (nSPS) is 18.0. The highest BCUT2D eigenvalue weighted by Crippen LogP contribution is 2.31. The van der Waals surface area contributed by atoms with E-state index in [0.717, 1.165) is 24.2 Å². The number of fused-ring (bicyclic) bond motifs is 1. The van der Waals surface area contributed by atoms with Crippen molar-refractivity contribution >= 4 is 29.1 Å². The van der Waals surface area contributed by atoms with Crippen LogP contribution in [0.5, 0.6) is 0 Å². The molecule has 2 aliphatic rings. The van der Waals surface area contributed by atoms with E-state index >= 15 is 0 Å². The molecule has 0 saturated carbocycles. The zero-order valence-corrected chi connectivity index (χ0v) is 22.0.